The molecule has 0 amide bonds. The minimum Gasteiger partial charge on any atom is -0.0616 e. The quantitative estimate of drug-likeness (QED) is 0.232. The first-order chi connectivity index (χ1) is 16.2. The van der Waals surface area contributed by atoms with Gasteiger partial charge in [0.05, 0.1) is 0 Å². The van der Waals surface area contributed by atoms with Crippen LogP contribution in [0, 0.1) is 13.8 Å². The molecule has 0 aliphatic heterocycles. The van der Waals surface area contributed by atoms with Crippen LogP contribution in [-0.2, 0) is 6.42 Å². The molecule has 33 heavy (non-hydrogen) atoms. The van der Waals surface area contributed by atoms with Gasteiger partial charge < -0.3 is 0 Å². The number of fused-ring (bicyclic) bond motifs is 6. The minimum absolute atomic E-state index is 1.02. The van der Waals surface area contributed by atoms with Crippen molar-refractivity contribution in [1.82, 2.24) is 0 Å². The summed E-state index contributed by atoms with van der Waals surface area (Å²) in [6, 6.07) is 36.4. The lowest BCUT2D eigenvalue weighted by atomic mass is 9.87. The van der Waals surface area contributed by atoms with E-state index in [9.17, 15) is 0 Å². The molecule has 156 valence electrons. The smallest absolute Gasteiger partial charge is 0.00131 e. The molecule has 0 heterocycles. The van der Waals surface area contributed by atoms with Crippen molar-refractivity contribution in [2.24, 2.45) is 0 Å². The Morgan fingerprint density at radius 3 is 1.94 bits per heavy atom. The van der Waals surface area contributed by atoms with E-state index in [0.717, 1.165) is 6.42 Å². The fraction of sp³-hybridized carbons (Fsp3) is 0.0909. The molecular formula is C33H24. The van der Waals surface area contributed by atoms with Crippen molar-refractivity contribution in [2.45, 2.75) is 20.3 Å². The summed E-state index contributed by atoms with van der Waals surface area (Å²) in [4.78, 5) is 0. The third kappa shape index (κ3) is 2.71. The monoisotopic (exact) mass is 420 g/mol. The Morgan fingerprint density at radius 2 is 1.15 bits per heavy atom. The van der Waals surface area contributed by atoms with Gasteiger partial charge in [0, 0.05) is 0 Å². The molecule has 0 aromatic heterocycles. The van der Waals surface area contributed by atoms with Crippen molar-refractivity contribution in [3.05, 3.63) is 119 Å². The normalized spacial score (nSPS) is 12.4. The maximum absolute atomic E-state index is 2.44. The van der Waals surface area contributed by atoms with Crippen LogP contribution in [0.4, 0.5) is 0 Å². The summed E-state index contributed by atoms with van der Waals surface area (Å²) < 4.78 is 0. The van der Waals surface area contributed by atoms with Crippen LogP contribution < -0.4 is 0 Å². The molecule has 6 aromatic carbocycles. The standard InChI is InChI=1S/C33H24/c1-20-11-13-28-25(15-20)17-26-16-24(12-14-29(26)28)33-30-10-6-5-9-27(30)21(2)31-18-22-7-3-4-8-23(22)19-32(31)33/h3-16,18-19H,17H2,1-2H3. The third-order valence-corrected chi connectivity index (χ3v) is 7.49. The predicted octanol–water partition coefficient (Wildman–Crippen LogP) is 9.00. The molecule has 0 fully saturated rings. The van der Waals surface area contributed by atoms with Crippen molar-refractivity contribution in [3.63, 3.8) is 0 Å². The van der Waals surface area contributed by atoms with Gasteiger partial charge in [-0.15, -0.1) is 0 Å². The van der Waals surface area contributed by atoms with Crippen molar-refractivity contribution >= 4 is 32.3 Å². The van der Waals surface area contributed by atoms with E-state index in [1.54, 1.807) is 0 Å². The van der Waals surface area contributed by atoms with E-state index in [1.165, 1.54) is 76.8 Å². The van der Waals surface area contributed by atoms with Crippen LogP contribution in [-0.4, -0.2) is 0 Å². The second-order valence-electron chi connectivity index (χ2n) is 9.50. The zero-order valence-electron chi connectivity index (χ0n) is 18.9. The zero-order valence-corrected chi connectivity index (χ0v) is 18.9. The van der Waals surface area contributed by atoms with E-state index in [2.05, 4.69) is 111 Å². The van der Waals surface area contributed by atoms with Gasteiger partial charge in [0.2, 0.25) is 0 Å². The van der Waals surface area contributed by atoms with Crippen molar-refractivity contribution in [2.75, 3.05) is 0 Å². The fourth-order valence-corrected chi connectivity index (χ4v) is 5.88. The summed E-state index contributed by atoms with van der Waals surface area (Å²) >= 11 is 0. The average Bonchev–Trinajstić information content (AvgIpc) is 3.20. The van der Waals surface area contributed by atoms with Gasteiger partial charge >= 0.3 is 0 Å². The lowest BCUT2D eigenvalue weighted by Crippen LogP contribution is -1.91. The summed E-state index contributed by atoms with van der Waals surface area (Å²) in [7, 11) is 0. The van der Waals surface area contributed by atoms with E-state index >= 15 is 0 Å². The van der Waals surface area contributed by atoms with E-state index in [1.807, 2.05) is 0 Å². The Labute approximate surface area is 194 Å². The summed E-state index contributed by atoms with van der Waals surface area (Å²) in [6.07, 6.45) is 1.02. The number of hydrogen-bond donors (Lipinski definition) is 0. The highest BCUT2D eigenvalue weighted by molar-refractivity contribution is 6.17. The Hall–Kier alpha value is -3.90. The summed E-state index contributed by atoms with van der Waals surface area (Å²) in [6.45, 7) is 4.45. The second kappa shape index (κ2) is 6.80. The highest BCUT2D eigenvalue weighted by atomic mass is 14.2. The van der Waals surface area contributed by atoms with Gasteiger partial charge in [0.1, 0.15) is 0 Å². The van der Waals surface area contributed by atoms with Crippen LogP contribution in [0.15, 0.2) is 97.1 Å². The van der Waals surface area contributed by atoms with Gasteiger partial charge in [-0.3, -0.25) is 0 Å². The van der Waals surface area contributed by atoms with Gasteiger partial charge in [-0.1, -0.05) is 90.5 Å². The summed E-state index contributed by atoms with van der Waals surface area (Å²) in [5.74, 6) is 0. The number of rotatable bonds is 1. The SMILES string of the molecule is Cc1ccc2c(c1)Cc1cc(-c3c4ccccc4c(C)c4cc5ccccc5cc34)ccc1-2. The van der Waals surface area contributed by atoms with Crippen LogP contribution in [0.1, 0.15) is 22.3 Å². The largest absolute Gasteiger partial charge is 0.0616 e. The minimum atomic E-state index is 1.02. The Morgan fingerprint density at radius 1 is 0.515 bits per heavy atom. The maximum Gasteiger partial charge on any atom is -0.00131 e. The lowest BCUT2D eigenvalue weighted by Gasteiger charge is -2.17. The van der Waals surface area contributed by atoms with Crippen LogP contribution in [0.25, 0.3) is 54.6 Å². The van der Waals surface area contributed by atoms with E-state index in [4.69, 9.17) is 0 Å². The van der Waals surface area contributed by atoms with Crippen LogP contribution in [0.5, 0.6) is 0 Å². The Kier molecular flexibility index (Phi) is 3.84. The third-order valence-electron chi connectivity index (χ3n) is 7.49. The number of aryl methyl sites for hydroxylation is 2. The van der Waals surface area contributed by atoms with Crippen LogP contribution in [0.2, 0.25) is 0 Å². The first kappa shape index (κ1) is 18.7. The maximum atomic E-state index is 2.44. The van der Waals surface area contributed by atoms with Gasteiger partial charge in [-0.25, -0.2) is 0 Å². The molecule has 0 bridgehead atoms. The topological polar surface area (TPSA) is 0 Å². The molecule has 0 radical (unpaired) electrons. The van der Waals surface area contributed by atoms with Gasteiger partial charge in [-0.2, -0.15) is 0 Å². The second-order valence-corrected chi connectivity index (χ2v) is 9.50. The molecule has 1 aliphatic carbocycles. The molecule has 0 nitrogen and oxygen atoms in total. The molecule has 0 unspecified atom stereocenters. The van der Waals surface area contributed by atoms with Gasteiger partial charge in [-0.05, 0) is 104 Å². The Balaban J connectivity index is 1.56. The molecule has 0 heteroatoms. The number of hydrogen-bond acceptors (Lipinski definition) is 0. The predicted molar refractivity (Wildman–Crippen MR) is 142 cm³/mol. The first-order valence-electron chi connectivity index (χ1n) is 11.7. The van der Waals surface area contributed by atoms with Crippen LogP contribution in [0.3, 0.4) is 0 Å². The molecule has 0 saturated heterocycles. The van der Waals surface area contributed by atoms with E-state index in [-0.39, 0.29) is 0 Å². The molecule has 7 rings (SSSR count). The molecule has 0 N–H and O–H groups in total. The molecule has 0 atom stereocenters. The van der Waals surface area contributed by atoms with Crippen LogP contribution >= 0.6 is 0 Å². The Bertz CT molecular complexity index is 1750. The molecular weight excluding hydrogens is 396 g/mol. The number of benzene rings is 6. The molecule has 0 spiro atoms. The van der Waals surface area contributed by atoms with Gasteiger partial charge in [0.25, 0.3) is 0 Å². The highest BCUT2D eigenvalue weighted by Crippen LogP contribution is 2.44. The summed E-state index contributed by atoms with van der Waals surface area (Å²) in [5.41, 5.74) is 11.0. The van der Waals surface area contributed by atoms with E-state index < -0.39 is 0 Å². The molecule has 1 aliphatic rings. The zero-order chi connectivity index (χ0) is 22.1. The van der Waals surface area contributed by atoms with Crippen molar-refractivity contribution in [3.8, 4) is 22.3 Å². The van der Waals surface area contributed by atoms with Crippen molar-refractivity contribution in [1.29, 1.82) is 0 Å². The van der Waals surface area contributed by atoms with Crippen molar-refractivity contribution < 1.29 is 0 Å². The fourth-order valence-electron chi connectivity index (χ4n) is 5.88. The highest BCUT2D eigenvalue weighted by Gasteiger charge is 2.20. The van der Waals surface area contributed by atoms with Gasteiger partial charge in [0.15, 0.2) is 0 Å². The summed E-state index contributed by atoms with van der Waals surface area (Å²) in [5, 5.41) is 7.97. The van der Waals surface area contributed by atoms with E-state index in [0.29, 0.717) is 0 Å². The molecule has 6 aromatic rings. The molecule has 0 saturated carbocycles. The first-order valence-corrected chi connectivity index (χ1v) is 11.7. The average molecular weight is 421 g/mol. The lowest BCUT2D eigenvalue weighted by molar-refractivity contribution is 1.25.